The zero-order valence-corrected chi connectivity index (χ0v) is 14.5. The van der Waals surface area contributed by atoms with E-state index in [-0.39, 0.29) is 11.6 Å². The van der Waals surface area contributed by atoms with Crippen molar-refractivity contribution in [1.82, 2.24) is 14.8 Å². The average molecular weight is 364 g/mol. The van der Waals surface area contributed by atoms with Crippen LogP contribution in [0.15, 0.2) is 36.0 Å². The van der Waals surface area contributed by atoms with E-state index >= 15 is 0 Å². The predicted molar refractivity (Wildman–Crippen MR) is 92.5 cm³/mol. The standard InChI is InChI=1S/C17H18F2N4OS/c1-3-8-23-15(11-4-5-11)21-22-17(23)25-10(2)16(24)20-12-6-7-13(18)14(19)9-12/h3,6-7,9-11H,1,4-5,8H2,2H3,(H,20,24). The Hall–Kier alpha value is -2.22. The fourth-order valence-electron chi connectivity index (χ4n) is 2.36. The number of anilines is 1. The van der Waals surface area contributed by atoms with Gasteiger partial charge >= 0.3 is 0 Å². The van der Waals surface area contributed by atoms with Crippen molar-refractivity contribution < 1.29 is 13.6 Å². The highest BCUT2D eigenvalue weighted by Crippen LogP contribution is 2.40. The molecule has 3 rings (SSSR count). The largest absolute Gasteiger partial charge is 0.325 e. The average Bonchev–Trinajstić information content (AvgIpc) is 3.35. The van der Waals surface area contributed by atoms with Crippen LogP contribution in [0, 0.1) is 11.6 Å². The highest BCUT2D eigenvalue weighted by molar-refractivity contribution is 8.00. The van der Waals surface area contributed by atoms with Crippen LogP contribution in [0.3, 0.4) is 0 Å². The van der Waals surface area contributed by atoms with Crippen LogP contribution in [0.5, 0.6) is 0 Å². The predicted octanol–water partition coefficient (Wildman–Crippen LogP) is 3.74. The summed E-state index contributed by atoms with van der Waals surface area (Å²) in [5.41, 5.74) is 0.211. The highest BCUT2D eigenvalue weighted by Gasteiger charge is 2.31. The van der Waals surface area contributed by atoms with Crippen LogP contribution in [-0.2, 0) is 11.3 Å². The van der Waals surface area contributed by atoms with Crippen molar-refractivity contribution in [3.8, 4) is 0 Å². The van der Waals surface area contributed by atoms with Crippen molar-refractivity contribution in [1.29, 1.82) is 0 Å². The van der Waals surface area contributed by atoms with Gasteiger partial charge in [-0.3, -0.25) is 4.79 Å². The van der Waals surface area contributed by atoms with Gasteiger partial charge in [0.25, 0.3) is 0 Å². The lowest BCUT2D eigenvalue weighted by atomic mass is 10.3. The SMILES string of the molecule is C=CCn1c(SC(C)C(=O)Nc2ccc(F)c(F)c2)nnc1C1CC1. The van der Waals surface area contributed by atoms with Gasteiger partial charge in [-0.1, -0.05) is 17.8 Å². The maximum atomic E-state index is 13.2. The number of carbonyl (C=O) groups is 1. The summed E-state index contributed by atoms with van der Waals surface area (Å²) in [7, 11) is 0. The number of nitrogens with zero attached hydrogens (tertiary/aromatic N) is 3. The molecule has 0 bridgehead atoms. The molecule has 1 fully saturated rings. The Labute approximate surface area is 148 Å². The lowest BCUT2D eigenvalue weighted by Crippen LogP contribution is -2.23. The van der Waals surface area contributed by atoms with Gasteiger partial charge in [-0.15, -0.1) is 16.8 Å². The Bertz CT molecular complexity index is 804. The number of thioether (sulfide) groups is 1. The van der Waals surface area contributed by atoms with E-state index in [2.05, 4.69) is 22.1 Å². The number of nitrogens with one attached hydrogen (secondary N) is 1. The molecular formula is C17H18F2N4OS. The number of benzene rings is 1. The minimum Gasteiger partial charge on any atom is -0.325 e. The number of halogens is 2. The minimum atomic E-state index is -1.00. The van der Waals surface area contributed by atoms with Crippen LogP contribution in [0.1, 0.15) is 31.5 Å². The molecule has 5 nitrogen and oxygen atoms in total. The summed E-state index contributed by atoms with van der Waals surface area (Å²) in [6.45, 7) is 6.06. The Morgan fingerprint density at radius 2 is 2.20 bits per heavy atom. The van der Waals surface area contributed by atoms with Gasteiger partial charge in [-0.05, 0) is 31.9 Å². The maximum Gasteiger partial charge on any atom is 0.237 e. The first-order chi connectivity index (χ1) is 12.0. The Morgan fingerprint density at radius 1 is 1.44 bits per heavy atom. The molecule has 1 N–H and O–H groups in total. The van der Waals surface area contributed by atoms with Gasteiger partial charge in [-0.2, -0.15) is 0 Å². The second kappa shape index (κ2) is 7.35. The van der Waals surface area contributed by atoms with Gasteiger partial charge in [0.1, 0.15) is 5.82 Å². The summed E-state index contributed by atoms with van der Waals surface area (Å²) in [6, 6.07) is 3.25. The van der Waals surface area contributed by atoms with E-state index < -0.39 is 16.9 Å². The van der Waals surface area contributed by atoms with Crippen molar-refractivity contribution in [3.05, 3.63) is 48.3 Å². The van der Waals surface area contributed by atoms with E-state index in [4.69, 9.17) is 0 Å². The fourth-order valence-corrected chi connectivity index (χ4v) is 3.23. The molecule has 1 aromatic heterocycles. The number of hydrogen-bond donors (Lipinski definition) is 1. The zero-order valence-electron chi connectivity index (χ0n) is 13.7. The molecule has 1 aliphatic carbocycles. The molecule has 25 heavy (non-hydrogen) atoms. The first-order valence-electron chi connectivity index (χ1n) is 7.96. The molecule has 0 spiro atoms. The molecule has 0 saturated heterocycles. The van der Waals surface area contributed by atoms with Crippen molar-refractivity contribution in [2.24, 2.45) is 0 Å². The summed E-state index contributed by atoms with van der Waals surface area (Å²) >= 11 is 1.27. The third-order valence-electron chi connectivity index (χ3n) is 3.84. The topological polar surface area (TPSA) is 59.8 Å². The highest BCUT2D eigenvalue weighted by atomic mass is 32.2. The number of amides is 1. The van der Waals surface area contributed by atoms with Crippen LogP contribution in [0.4, 0.5) is 14.5 Å². The van der Waals surface area contributed by atoms with E-state index in [1.807, 2.05) is 4.57 Å². The van der Waals surface area contributed by atoms with Gasteiger partial charge in [0.05, 0.1) is 5.25 Å². The molecule has 1 saturated carbocycles. The zero-order chi connectivity index (χ0) is 18.0. The molecular weight excluding hydrogens is 346 g/mol. The second-order valence-corrected chi connectivity index (χ2v) is 7.20. The smallest absolute Gasteiger partial charge is 0.237 e. The summed E-state index contributed by atoms with van der Waals surface area (Å²) in [6.07, 6.45) is 3.98. The van der Waals surface area contributed by atoms with Crippen molar-refractivity contribution >= 4 is 23.4 Å². The first-order valence-corrected chi connectivity index (χ1v) is 8.84. The van der Waals surface area contributed by atoms with Gasteiger partial charge in [-0.25, -0.2) is 8.78 Å². The molecule has 8 heteroatoms. The maximum absolute atomic E-state index is 13.2. The van der Waals surface area contributed by atoms with Crippen LogP contribution < -0.4 is 5.32 Å². The third-order valence-corrected chi connectivity index (χ3v) is 4.92. The summed E-state index contributed by atoms with van der Waals surface area (Å²) < 4.78 is 28.2. The molecule has 1 unspecified atom stereocenters. The normalized spacial score (nSPS) is 15.0. The molecule has 1 heterocycles. The van der Waals surface area contributed by atoms with Crippen LogP contribution in [-0.4, -0.2) is 25.9 Å². The molecule has 1 aliphatic rings. The molecule has 1 aromatic carbocycles. The third kappa shape index (κ3) is 4.07. The Morgan fingerprint density at radius 3 is 2.84 bits per heavy atom. The molecule has 132 valence electrons. The van der Waals surface area contributed by atoms with E-state index in [1.54, 1.807) is 13.0 Å². The van der Waals surface area contributed by atoms with Crippen LogP contribution in [0.2, 0.25) is 0 Å². The summed E-state index contributed by atoms with van der Waals surface area (Å²) in [4.78, 5) is 12.3. The van der Waals surface area contributed by atoms with Crippen molar-refractivity contribution in [2.45, 2.75) is 42.6 Å². The lowest BCUT2D eigenvalue weighted by molar-refractivity contribution is -0.115. The summed E-state index contributed by atoms with van der Waals surface area (Å²) in [5, 5.41) is 11.2. The van der Waals surface area contributed by atoms with Crippen LogP contribution >= 0.6 is 11.8 Å². The lowest BCUT2D eigenvalue weighted by Gasteiger charge is -2.13. The molecule has 0 radical (unpaired) electrons. The van der Waals surface area contributed by atoms with Crippen molar-refractivity contribution in [3.63, 3.8) is 0 Å². The number of hydrogen-bond acceptors (Lipinski definition) is 4. The van der Waals surface area contributed by atoms with E-state index in [1.165, 1.54) is 17.8 Å². The van der Waals surface area contributed by atoms with Gasteiger partial charge in [0.15, 0.2) is 16.8 Å². The number of aromatic nitrogens is 3. The Balaban J connectivity index is 1.68. The Kier molecular flexibility index (Phi) is 5.17. The minimum absolute atomic E-state index is 0.211. The molecule has 1 atom stereocenters. The molecule has 2 aromatic rings. The second-order valence-electron chi connectivity index (χ2n) is 5.89. The molecule has 1 amide bonds. The van der Waals surface area contributed by atoms with Gasteiger partial charge in [0, 0.05) is 24.2 Å². The monoisotopic (exact) mass is 364 g/mol. The number of allylic oxidation sites excluding steroid dienone is 1. The quantitative estimate of drug-likeness (QED) is 0.601. The van der Waals surface area contributed by atoms with E-state index in [9.17, 15) is 13.6 Å². The number of rotatable bonds is 7. The van der Waals surface area contributed by atoms with Crippen LogP contribution in [0.25, 0.3) is 0 Å². The van der Waals surface area contributed by atoms with Crippen molar-refractivity contribution in [2.75, 3.05) is 5.32 Å². The first kappa shape index (κ1) is 17.6. The molecule has 0 aliphatic heterocycles. The number of carbonyl (C=O) groups excluding carboxylic acids is 1. The van der Waals surface area contributed by atoms with E-state index in [0.717, 1.165) is 30.8 Å². The van der Waals surface area contributed by atoms with E-state index in [0.29, 0.717) is 17.6 Å². The summed E-state index contributed by atoms with van der Waals surface area (Å²) in [5.74, 6) is -0.913. The van der Waals surface area contributed by atoms with Gasteiger partial charge in [0.2, 0.25) is 5.91 Å². The van der Waals surface area contributed by atoms with Gasteiger partial charge < -0.3 is 9.88 Å². The fraction of sp³-hybridized carbons (Fsp3) is 0.353.